The van der Waals surface area contributed by atoms with Gasteiger partial charge in [-0.15, -0.1) is 0 Å². The van der Waals surface area contributed by atoms with E-state index < -0.39 is 0 Å². The zero-order valence-electron chi connectivity index (χ0n) is 18.5. The van der Waals surface area contributed by atoms with E-state index in [2.05, 4.69) is 82.1 Å². The monoisotopic (exact) mass is 653 g/mol. The largest absolute Gasteiger partial charge is 0.487 e. The molecule has 1 heterocycles. The van der Waals surface area contributed by atoms with E-state index in [4.69, 9.17) is 4.74 Å². The van der Waals surface area contributed by atoms with E-state index in [1.165, 1.54) is 15.4 Å². The van der Waals surface area contributed by atoms with Crippen LogP contribution < -0.4 is 10.3 Å². The molecule has 5 aromatic rings. The van der Waals surface area contributed by atoms with Gasteiger partial charge in [0.05, 0.1) is 26.1 Å². The van der Waals surface area contributed by atoms with E-state index in [1.54, 1.807) is 19.2 Å². The van der Waals surface area contributed by atoms with Crippen molar-refractivity contribution in [2.24, 2.45) is 5.10 Å². The van der Waals surface area contributed by atoms with Crippen LogP contribution >= 0.6 is 47.8 Å². The smallest absolute Gasteiger partial charge is 0.282 e. The molecule has 5 nitrogen and oxygen atoms in total. The predicted octanol–water partition coefficient (Wildman–Crippen LogP) is 7.61. The molecule has 0 spiro atoms. The molecule has 1 aromatic heterocycles. The highest BCUT2D eigenvalue weighted by molar-refractivity contribution is 9.11. The number of fused-ring (bicyclic) bond motifs is 2. The Morgan fingerprint density at radius 3 is 2.49 bits per heavy atom. The van der Waals surface area contributed by atoms with Crippen LogP contribution in [0.4, 0.5) is 0 Å². The second-order valence-corrected chi connectivity index (χ2v) is 10.5. The van der Waals surface area contributed by atoms with Crippen LogP contribution in [0.15, 0.2) is 96.1 Å². The molecule has 35 heavy (non-hydrogen) atoms. The minimum Gasteiger partial charge on any atom is -0.487 e. The molecule has 174 valence electrons. The fourth-order valence-electron chi connectivity index (χ4n) is 3.88. The van der Waals surface area contributed by atoms with Gasteiger partial charge in [0.2, 0.25) is 0 Å². The summed E-state index contributed by atoms with van der Waals surface area (Å²) in [6, 6.07) is 23.7. The third-order valence-corrected chi connectivity index (χ3v) is 7.24. The minimum atomic E-state index is -0.224. The van der Waals surface area contributed by atoms with Crippen LogP contribution in [0.5, 0.6) is 5.75 Å². The molecule has 4 aromatic carbocycles. The zero-order valence-corrected chi connectivity index (χ0v) is 23.3. The predicted molar refractivity (Wildman–Crippen MR) is 152 cm³/mol. The van der Waals surface area contributed by atoms with Crippen LogP contribution in [-0.4, -0.2) is 15.9 Å². The summed E-state index contributed by atoms with van der Waals surface area (Å²) in [5.41, 5.74) is 2.32. The highest BCUT2D eigenvalue weighted by atomic mass is 79.9. The Kier molecular flexibility index (Phi) is 6.86. The van der Waals surface area contributed by atoms with Crippen molar-refractivity contribution in [3.05, 3.63) is 114 Å². The standard InChI is InChI=1S/C27H18Br3N3O2/c1-16-32-25-10-9-20(28)13-22(25)27(34)33(16)31-14-17-11-23(29)26(24(30)12-17)35-15-19-7-4-6-18-5-2-3-8-21(18)19/h2-14H,15H2,1H3. The fraction of sp³-hybridized carbons (Fsp3) is 0.0741. The summed E-state index contributed by atoms with van der Waals surface area (Å²) in [5, 5.41) is 7.26. The van der Waals surface area contributed by atoms with Crippen LogP contribution in [0.25, 0.3) is 21.7 Å². The summed E-state index contributed by atoms with van der Waals surface area (Å²) in [5.74, 6) is 1.20. The van der Waals surface area contributed by atoms with Gasteiger partial charge in [0.15, 0.2) is 0 Å². The lowest BCUT2D eigenvalue weighted by molar-refractivity contribution is 0.303. The number of hydrogen-bond acceptors (Lipinski definition) is 4. The number of rotatable bonds is 5. The van der Waals surface area contributed by atoms with Gasteiger partial charge in [-0.3, -0.25) is 4.79 Å². The molecule has 0 saturated heterocycles. The molecule has 0 unspecified atom stereocenters. The molecule has 0 aliphatic rings. The second-order valence-electron chi connectivity index (χ2n) is 7.92. The quantitative estimate of drug-likeness (QED) is 0.183. The van der Waals surface area contributed by atoms with Gasteiger partial charge in [-0.2, -0.15) is 9.78 Å². The average molecular weight is 656 g/mol. The summed E-state index contributed by atoms with van der Waals surface area (Å²) < 4.78 is 9.84. The van der Waals surface area contributed by atoms with E-state index in [0.717, 1.165) is 24.5 Å². The molecular weight excluding hydrogens is 638 g/mol. The maximum Gasteiger partial charge on any atom is 0.282 e. The average Bonchev–Trinajstić information content (AvgIpc) is 2.84. The van der Waals surface area contributed by atoms with Gasteiger partial charge >= 0.3 is 0 Å². The summed E-state index contributed by atoms with van der Waals surface area (Å²) in [6.07, 6.45) is 1.63. The number of nitrogens with zero attached hydrogens (tertiary/aromatic N) is 3. The first-order valence-electron chi connectivity index (χ1n) is 10.7. The minimum absolute atomic E-state index is 0.224. The zero-order chi connectivity index (χ0) is 24.5. The van der Waals surface area contributed by atoms with Crippen molar-refractivity contribution in [3.63, 3.8) is 0 Å². The van der Waals surface area contributed by atoms with Crippen LogP contribution in [0, 0.1) is 6.92 Å². The Labute approximate surface area is 226 Å². The SMILES string of the molecule is Cc1nc2ccc(Br)cc2c(=O)n1N=Cc1cc(Br)c(OCc2cccc3ccccc23)c(Br)c1. The molecule has 0 fully saturated rings. The summed E-state index contributed by atoms with van der Waals surface area (Å²) in [7, 11) is 0. The number of benzene rings is 4. The molecule has 0 saturated carbocycles. The highest BCUT2D eigenvalue weighted by Crippen LogP contribution is 2.35. The first-order chi connectivity index (χ1) is 16.9. The molecule has 0 N–H and O–H groups in total. The Balaban J connectivity index is 1.42. The normalized spacial score (nSPS) is 11.5. The Hall–Kier alpha value is -2.81. The van der Waals surface area contributed by atoms with Gasteiger partial charge in [0, 0.05) is 4.47 Å². The van der Waals surface area contributed by atoms with Gasteiger partial charge in [-0.1, -0.05) is 58.4 Å². The molecule has 0 radical (unpaired) electrons. The van der Waals surface area contributed by atoms with E-state index in [0.29, 0.717) is 29.1 Å². The first kappa shape index (κ1) is 23.9. The third-order valence-electron chi connectivity index (χ3n) is 5.56. The molecule has 8 heteroatoms. The van der Waals surface area contributed by atoms with Crippen molar-refractivity contribution >= 4 is 75.7 Å². The third kappa shape index (κ3) is 4.96. The van der Waals surface area contributed by atoms with Gasteiger partial charge in [0.25, 0.3) is 5.56 Å². The molecule has 5 rings (SSSR count). The summed E-state index contributed by atoms with van der Waals surface area (Å²) in [6.45, 7) is 2.19. The lowest BCUT2D eigenvalue weighted by Crippen LogP contribution is -2.20. The molecule has 0 aliphatic carbocycles. The van der Waals surface area contributed by atoms with E-state index in [9.17, 15) is 4.79 Å². The van der Waals surface area contributed by atoms with Crippen molar-refractivity contribution in [2.45, 2.75) is 13.5 Å². The van der Waals surface area contributed by atoms with Crippen LogP contribution in [0.2, 0.25) is 0 Å². The van der Waals surface area contributed by atoms with Crippen molar-refractivity contribution in [2.75, 3.05) is 0 Å². The summed E-state index contributed by atoms with van der Waals surface area (Å²) >= 11 is 10.6. The first-order valence-corrected chi connectivity index (χ1v) is 13.1. The number of hydrogen-bond donors (Lipinski definition) is 0. The van der Waals surface area contributed by atoms with E-state index >= 15 is 0 Å². The van der Waals surface area contributed by atoms with Crippen molar-refractivity contribution in [1.29, 1.82) is 0 Å². The number of halogens is 3. The van der Waals surface area contributed by atoms with Crippen LogP contribution in [0.3, 0.4) is 0 Å². The Morgan fingerprint density at radius 1 is 0.943 bits per heavy atom. The molecule has 0 atom stereocenters. The Morgan fingerprint density at radius 2 is 1.69 bits per heavy atom. The van der Waals surface area contributed by atoms with Gasteiger partial charge in [-0.25, -0.2) is 4.98 Å². The van der Waals surface area contributed by atoms with Crippen molar-refractivity contribution in [1.82, 2.24) is 9.66 Å². The fourth-order valence-corrected chi connectivity index (χ4v) is 5.69. The second kappa shape index (κ2) is 10.0. The topological polar surface area (TPSA) is 56.5 Å². The van der Waals surface area contributed by atoms with Crippen molar-refractivity contribution in [3.8, 4) is 5.75 Å². The lowest BCUT2D eigenvalue weighted by atomic mass is 10.1. The maximum atomic E-state index is 13.0. The number of aryl methyl sites for hydroxylation is 1. The maximum absolute atomic E-state index is 13.0. The number of ether oxygens (including phenoxy) is 1. The van der Waals surface area contributed by atoms with Crippen LogP contribution in [0.1, 0.15) is 17.0 Å². The molecule has 0 amide bonds. The molecule has 0 bridgehead atoms. The highest BCUT2D eigenvalue weighted by Gasteiger charge is 2.11. The van der Waals surface area contributed by atoms with Crippen LogP contribution in [-0.2, 0) is 6.61 Å². The molecular formula is C27H18Br3N3O2. The lowest BCUT2D eigenvalue weighted by Gasteiger charge is -2.13. The molecule has 0 aliphatic heterocycles. The van der Waals surface area contributed by atoms with E-state index in [1.807, 2.05) is 42.5 Å². The van der Waals surface area contributed by atoms with Gasteiger partial charge in [-0.05, 0) is 91.0 Å². The van der Waals surface area contributed by atoms with Gasteiger partial charge in [0.1, 0.15) is 18.2 Å². The van der Waals surface area contributed by atoms with Crippen molar-refractivity contribution < 1.29 is 4.74 Å². The van der Waals surface area contributed by atoms with E-state index in [-0.39, 0.29) is 5.56 Å². The van der Waals surface area contributed by atoms with Gasteiger partial charge < -0.3 is 4.74 Å². The Bertz CT molecular complexity index is 1650. The number of aromatic nitrogens is 2. The summed E-state index contributed by atoms with van der Waals surface area (Å²) in [4.78, 5) is 17.5.